The molecule has 4 N–H and O–H groups in total. The quantitative estimate of drug-likeness (QED) is 0.451. The Kier molecular flexibility index (Phi) is 3.04. The first-order chi connectivity index (χ1) is 10.2. The third-order valence-electron chi connectivity index (χ3n) is 2.73. The zero-order valence-corrected chi connectivity index (χ0v) is 10.5. The summed E-state index contributed by atoms with van der Waals surface area (Å²) in [7, 11) is 0. The topological polar surface area (TPSA) is 145 Å². The van der Waals surface area contributed by atoms with E-state index >= 15 is 0 Å². The molecule has 0 bridgehead atoms. The Morgan fingerprint density at radius 2 is 2.05 bits per heavy atom. The first-order valence-corrected chi connectivity index (χ1v) is 5.76. The molecule has 0 aliphatic rings. The summed E-state index contributed by atoms with van der Waals surface area (Å²) >= 11 is 0. The van der Waals surface area contributed by atoms with Gasteiger partial charge in [0.1, 0.15) is 5.69 Å². The maximum atomic E-state index is 11.7. The van der Waals surface area contributed by atoms with Gasteiger partial charge in [0, 0.05) is 5.56 Å². The summed E-state index contributed by atoms with van der Waals surface area (Å²) in [5, 5.41) is 23.4. The van der Waals surface area contributed by atoms with Crippen LogP contribution in [-0.2, 0) is 0 Å². The lowest BCUT2D eigenvalue weighted by atomic mass is 10.1. The van der Waals surface area contributed by atoms with Gasteiger partial charge in [0.05, 0.1) is 0 Å². The highest BCUT2D eigenvalue weighted by atomic mass is 16.6. The van der Waals surface area contributed by atoms with Crippen molar-refractivity contribution in [1.29, 1.82) is 0 Å². The van der Waals surface area contributed by atoms with E-state index in [-0.39, 0.29) is 17.3 Å². The zero-order chi connectivity index (χ0) is 14.8. The lowest BCUT2D eigenvalue weighted by Gasteiger charge is -2.04. The zero-order valence-electron chi connectivity index (χ0n) is 10.5. The maximum Gasteiger partial charge on any atom is 0.297 e. The van der Waals surface area contributed by atoms with Crippen LogP contribution >= 0.6 is 0 Å². The molecule has 1 amide bonds. The second-order valence-electron chi connectivity index (χ2n) is 3.98. The summed E-state index contributed by atoms with van der Waals surface area (Å²) in [5.74, 6) is -0.721. The molecule has 21 heavy (non-hydrogen) atoms. The average Bonchev–Trinajstić information content (AvgIpc) is 3.13. The Balaban J connectivity index is 2.25. The molecule has 0 saturated heterocycles. The van der Waals surface area contributed by atoms with Crippen LogP contribution in [0.5, 0.6) is 0 Å². The Bertz CT molecular complexity index is 780. The summed E-state index contributed by atoms with van der Waals surface area (Å²) in [6.45, 7) is 0. The summed E-state index contributed by atoms with van der Waals surface area (Å²) in [5.41, 5.74) is 7.98. The smallest absolute Gasteiger partial charge is 0.297 e. The molecular formula is C11H9N7O3. The molecule has 106 valence electrons. The molecule has 3 aromatic rings. The SMILES string of the molecule is Nc1nonc1-n1nnc(C(=O)NO)c1-c1ccccc1. The number of hydrogen-bond acceptors (Lipinski definition) is 8. The van der Waals surface area contributed by atoms with E-state index in [2.05, 4.69) is 25.3 Å². The van der Waals surface area contributed by atoms with Gasteiger partial charge in [0.15, 0.2) is 5.69 Å². The number of nitrogens with one attached hydrogen (secondary N) is 1. The van der Waals surface area contributed by atoms with Crippen molar-refractivity contribution in [2.75, 3.05) is 5.73 Å². The molecule has 10 heteroatoms. The molecule has 0 radical (unpaired) electrons. The van der Waals surface area contributed by atoms with E-state index in [1.54, 1.807) is 24.3 Å². The largest absolute Gasteiger partial charge is 0.378 e. The predicted molar refractivity (Wildman–Crippen MR) is 68.3 cm³/mol. The third kappa shape index (κ3) is 2.08. The number of hydrogen-bond donors (Lipinski definition) is 3. The number of nitrogen functional groups attached to an aromatic ring is 1. The number of carbonyl (C=O) groups is 1. The summed E-state index contributed by atoms with van der Waals surface area (Å²) in [4.78, 5) is 11.7. The average molecular weight is 287 g/mol. The Morgan fingerprint density at radius 1 is 1.29 bits per heavy atom. The number of benzene rings is 1. The van der Waals surface area contributed by atoms with Crippen LogP contribution in [0, 0.1) is 0 Å². The number of anilines is 1. The van der Waals surface area contributed by atoms with Crippen LogP contribution in [0.1, 0.15) is 10.5 Å². The van der Waals surface area contributed by atoms with E-state index in [0.29, 0.717) is 11.3 Å². The minimum absolute atomic E-state index is 0.00645. The van der Waals surface area contributed by atoms with Crippen LogP contribution in [-0.4, -0.2) is 36.4 Å². The van der Waals surface area contributed by atoms with E-state index in [0.717, 1.165) is 0 Å². The van der Waals surface area contributed by atoms with Crippen molar-refractivity contribution in [2.45, 2.75) is 0 Å². The van der Waals surface area contributed by atoms with Crippen molar-refractivity contribution < 1.29 is 14.6 Å². The van der Waals surface area contributed by atoms with Gasteiger partial charge in [-0.3, -0.25) is 10.0 Å². The van der Waals surface area contributed by atoms with Crippen molar-refractivity contribution in [2.24, 2.45) is 0 Å². The van der Waals surface area contributed by atoms with Gasteiger partial charge < -0.3 is 5.73 Å². The minimum Gasteiger partial charge on any atom is -0.378 e. The van der Waals surface area contributed by atoms with Gasteiger partial charge >= 0.3 is 0 Å². The Labute approximate surface area is 117 Å². The number of amides is 1. The second kappa shape index (κ2) is 5.02. The highest BCUT2D eigenvalue weighted by Crippen LogP contribution is 2.25. The van der Waals surface area contributed by atoms with Gasteiger partial charge in [-0.25, -0.2) is 10.1 Å². The highest BCUT2D eigenvalue weighted by molar-refractivity contribution is 5.97. The maximum absolute atomic E-state index is 11.7. The number of hydroxylamine groups is 1. The lowest BCUT2D eigenvalue weighted by molar-refractivity contribution is 0.0701. The molecule has 0 fully saturated rings. The van der Waals surface area contributed by atoms with Crippen molar-refractivity contribution in [1.82, 2.24) is 30.8 Å². The van der Waals surface area contributed by atoms with Gasteiger partial charge in [-0.05, 0) is 10.3 Å². The number of carbonyl (C=O) groups excluding carboxylic acids is 1. The van der Waals surface area contributed by atoms with Crippen molar-refractivity contribution in [3.8, 4) is 17.1 Å². The molecule has 0 aliphatic carbocycles. The fourth-order valence-corrected chi connectivity index (χ4v) is 1.83. The molecule has 2 aromatic heterocycles. The van der Waals surface area contributed by atoms with Crippen LogP contribution in [0.3, 0.4) is 0 Å². The number of nitrogens with zero attached hydrogens (tertiary/aromatic N) is 5. The van der Waals surface area contributed by atoms with E-state index in [1.807, 2.05) is 6.07 Å². The summed E-state index contributed by atoms with van der Waals surface area (Å²) in [6.07, 6.45) is 0. The molecule has 2 heterocycles. The molecule has 10 nitrogen and oxygen atoms in total. The fraction of sp³-hybridized carbons (Fsp3) is 0. The first-order valence-electron chi connectivity index (χ1n) is 5.76. The van der Waals surface area contributed by atoms with E-state index in [4.69, 9.17) is 10.9 Å². The molecule has 0 unspecified atom stereocenters. The van der Waals surface area contributed by atoms with Gasteiger partial charge in [-0.15, -0.1) is 5.10 Å². The Morgan fingerprint density at radius 3 is 2.67 bits per heavy atom. The summed E-state index contributed by atoms with van der Waals surface area (Å²) in [6, 6.07) is 8.85. The molecule has 0 saturated carbocycles. The van der Waals surface area contributed by atoms with E-state index in [1.165, 1.54) is 10.2 Å². The summed E-state index contributed by atoms with van der Waals surface area (Å²) < 4.78 is 5.74. The lowest BCUT2D eigenvalue weighted by Crippen LogP contribution is -2.20. The van der Waals surface area contributed by atoms with Gasteiger partial charge in [0.25, 0.3) is 5.91 Å². The molecule has 0 spiro atoms. The molecule has 0 atom stereocenters. The number of nitrogens with two attached hydrogens (primary N) is 1. The van der Waals surface area contributed by atoms with E-state index in [9.17, 15) is 4.79 Å². The van der Waals surface area contributed by atoms with Crippen molar-refractivity contribution in [3.05, 3.63) is 36.0 Å². The van der Waals surface area contributed by atoms with Crippen LogP contribution in [0.15, 0.2) is 35.0 Å². The van der Waals surface area contributed by atoms with Gasteiger partial charge in [-0.1, -0.05) is 35.5 Å². The highest BCUT2D eigenvalue weighted by Gasteiger charge is 2.24. The number of rotatable bonds is 3. The van der Waals surface area contributed by atoms with Crippen molar-refractivity contribution >= 4 is 11.7 Å². The minimum atomic E-state index is -0.810. The van der Waals surface area contributed by atoms with Crippen LogP contribution in [0.25, 0.3) is 17.1 Å². The van der Waals surface area contributed by atoms with Crippen LogP contribution in [0.4, 0.5) is 5.82 Å². The predicted octanol–water partition coefficient (Wildman–Crippen LogP) is 0.0185. The molecular weight excluding hydrogens is 278 g/mol. The standard InChI is InChI=1S/C11H9N7O3/c12-9-10(16-21-15-9)18-8(6-4-2-1-3-5-6)7(13-17-18)11(19)14-20/h1-5,20H,(H2,12,15)(H,14,19). The Hall–Kier alpha value is -3.27. The third-order valence-corrected chi connectivity index (χ3v) is 2.73. The van der Waals surface area contributed by atoms with Crippen LogP contribution in [0.2, 0.25) is 0 Å². The monoisotopic (exact) mass is 287 g/mol. The first kappa shape index (κ1) is 12.7. The number of aromatic nitrogens is 5. The van der Waals surface area contributed by atoms with Gasteiger partial charge in [-0.2, -0.15) is 4.68 Å². The second-order valence-corrected chi connectivity index (χ2v) is 3.98. The van der Waals surface area contributed by atoms with Crippen LogP contribution < -0.4 is 11.2 Å². The molecule has 0 aliphatic heterocycles. The van der Waals surface area contributed by atoms with Gasteiger partial charge in [0.2, 0.25) is 11.6 Å². The normalized spacial score (nSPS) is 10.5. The molecule has 1 aromatic carbocycles. The fourth-order valence-electron chi connectivity index (χ4n) is 1.83. The van der Waals surface area contributed by atoms with E-state index < -0.39 is 5.91 Å². The molecule has 3 rings (SSSR count). The van der Waals surface area contributed by atoms with Crippen molar-refractivity contribution in [3.63, 3.8) is 0 Å².